The van der Waals surface area contributed by atoms with Crippen molar-refractivity contribution in [1.29, 1.82) is 0 Å². The summed E-state index contributed by atoms with van der Waals surface area (Å²) < 4.78 is 31.4. The summed E-state index contributed by atoms with van der Waals surface area (Å²) in [7, 11) is -2.20. The molecule has 7 heteroatoms. The van der Waals surface area contributed by atoms with Crippen LogP contribution < -0.4 is 4.72 Å². The highest BCUT2D eigenvalue weighted by Crippen LogP contribution is 2.30. The molecular weight excluding hydrogens is 298 g/mol. The Labute approximate surface area is 124 Å². The average Bonchev–Trinajstić information content (AvgIpc) is 2.67. The minimum atomic E-state index is -3.48. The van der Waals surface area contributed by atoms with Gasteiger partial charge in [-0.1, -0.05) is 20.8 Å². The van der Waals surface area contributed by atoms with Crippen molar-refractivity contribution in [2.45, 2.75) is 34.1 Å². The van der Waals surface area contributed by atoms with Crippen LogP contribution in [-0.4, -0.2) is 27.2 Å². The van der Waals surface area contributed by atoms with Gasteiger partial charge in [-0.05, 0) is 29.7 Å². The maximum absolute atomic E-state index is 12.1. The van der Waals surface area contributed by atoms with Crippen molar-refractivity contribution in [3.8, 4) is 0 Å². The Morgan fingerprint density at radius 2 is 2.00 bits per heavy atom. The smallest absolute Gasteiger partial charge is 0.350 e. The van der Waals surface area contributed by atoms with Gasteiger partial charge < -0.3 is 4.74 Å². The van der Waals surface area contributed by atoms with E-state index in [1.165, 1.54) is 18.4 Å². The maximum Gasteiger partial charge on any atom is 0.350 e. The number of anilines is 1. The zero-order chi connectivity index (χ0) is 15.6. The minimum absolute atomic E-state index is 0.0202. The van der Waals surface area contributed by atoms with Crippen molar-refractivity contribution in [3.63, 3.8) is 0 Å². The van der Waals surface area contributed by atoms with Gasteiger partial charge in [-0.3, -0.25) is 4.72 Å². The molecule has 1 heterocycles. The van der Waals surface area contributed by atoms with Crippen molar-refractivity contribution in [2.24, 2.45) is 5.41 Å². The Balaban J connectivity index is 2.93. The molecule has 5 nitrogen and oxygen atoms in total. The van der Waals surface area contributed by atoms with E-state index >= 15 is 0 Å². The van der Waals surface area contributed by atoms with Crippen molar-refractivity contribution in [2.75, 3.05) is 17.6 Å². The molecule has 1 N–H and O–H groups in total. The highest BCUT2D eigenvalue weighted by Gasteiger charge is 2.23. The number of thiophene rings is 1. The van der Waals surface area contributed by atoms with Crippen LogP contribution in [0.25, 0.3) is 0 Å². The van der Waals surface area contributed by atoms with Crippen LogP contribution in [0.4, 0.5) is 5.69 Å². The maximum atomic E-state index is 12.1. The zero-order valence-electron chi connectivity index (χ0n) is 12.4. The lowest BCUT2D eigenvalue weighted by atomic mass is 9.94. The summed E-state index contributed by atoms with van der Waals surface area (Å²) >= 11 is 1.17. The first kappa shape index (κ1) is 17.0. The molecule has 0 radical (unpaired) electrons. The summed E-state index contributed by atoms with van der Waals surface area (Å²) in [5.41, 5.74) is 0.981. The number of nitrogens with one attached hydrogen (secondary N) is 1. The topological polar surface area (TPSA) is 72.5 Å². The number of hydrogen-bond donors (Lipinski definition) is 1. The van der Waals surface area contributed by atoms with Gasteiger partial charge in [-0.15, -0.1) is 11.3 Å². The molecule has 1 rings (SSSR count). The van der Waals surface area contributed by atoms with Crippen LogP contribution in [0.3, 0.4) is 0 Å². The van der Waals surface area contributed by atoms with Crippen LogP contribution >= 0.6 is 11.3 Å². The van der Waals surface area contributed by atoms with Crippen molar-refractivity contribution >= 4 is 33.0 Å². The molecule has 0 bridgehead atoms. The van der Waals surface area contributed by atoms with E-state index in [0.29, 0.717) is 12.1 Å². The first-order valence-electron chi connectivity index (χ1n) is 6.22. The molecular formula is C13H21NO4S2. The van der Waals surface area contributed by atoms with Gasteiger partial charge in [0.15, 0.2) is 0 Å². The number of carbonyl (C=O) groups excluding carboxylic acids is 1. The predicted octanol–water partition coefficient (Wildman–Crippen LogP) is 3.02. The Morgan fingerprint density at radius 3 is 2.50 bits per heavy atom. The average molecular weight is 319 g/mol. The molecule has 0 aliphatic carbocycles. The quantitative estimate of drug-likeness (QED) is 0.847. The highest BCUT2D eigenvalue weighted by molar-refractivity contribution is 7.92. The number of sulfonamides is 1. The molecule has 0 unspecified atom stereocenters. The SMILES string of the molecule is COC(=O)c1scc(C)c1NS(=O)(=O)CCC(C)(C)C. The van der Waals surface area contributed by atoms with Crippen LogP contribution in [0.2, 0.25) is 0 Å². The Bertz CT molecular complexity index is 582. The largest absolute Gasteiger partial charge is 0.465 e. The molecule has 0 amide bonds. The summed E-state index contributed by atoms with van der Waals surface area (Å²) in [4.78, 5) is 11.9. The van der Waals surface area contributed by atoms with E-state index in [1.807, 2.05) is 20.8 Å². The number of methoxy groups -OCH3 is 1. The van der Waals surface area contributed by atoms with E-state index in [-0.39, 0.29) is 16.0 Å². The fraction of sp³-hybridized carbons (Fsp3) is 0.615. The fourth-order valence-corrected chi connectivity index (χ4v) is 4.00. The molecule has 20 heavy (non-hydrogen) atoms. The summed E-state index contributed by atoms with van der Waals surface area (Å²) in [5, 5.41) is 1.73. The third-order valence-corrected chi connectivity index (χ3v) is 5.06. The van der Waals surface area contributed by atoms with Crippen molar-refractivity contribution in [1.82, 2.24) is 0 Å². The van der Waals surface area contributed by atoms with E-state index in [0.717, 1.165) is 5.56 Å². The summed E-state index contributed by atoms with van der Waals surface area (Å²) in [6.45, 7) is 7.71. The normalized spacial score (nSPS) is 12.2. The third kappa shape index (κ3) is 4.79. The molecule has 0 aliphatic rings. The molecule has 0 saturated carbocycles. The molecule has 114 valence electrons. The number of rotatable bonds is 5. The van der Waals surface area contributed by atoms with Crippen LogP contribution in [0, 0.1) is 12.3 Å². The van der Waals surface area contributed by atoms with Gasteiger partial charge in [0.25, 0.3) is 0 Å². The molecule has 0 saturated heterocycles. The number of esters is 1. The Kier molecular flexibility index (Phi) is 5.21. The van der Waals surface area contributed by atoms with E-state index in [4.69, 9.17) is 0 Å². The lowest BCUT2D eigenvalue weighted by molar-refractivity contribution is 0.0607. The van der Waals surface area contributed by atoms with Gasteiger partial charge in [0, 0.05) is 0 Å². The van der Waals surface area contributed by atoms with Gasteiger partial charge in [-0.25, -0.2) is 13.2 Å². The second kappa shape index (κ2) is 6.13. The fourth-order valence-electron chi connectivity index (χ4n) is 1.46. The second-order valence-electron chi connectivity index (χ2n) is 5.85. The Morgan fingerprint density at radius 1 is 1.40 bits per heavy atom. The number of ether oxygens (including phenoxy) is 1. The molecule has 1 aromatic rings. The van der Waals surface area contributed by atoms with E-state index in [1.54, 1.807) is 12.3 Å². The van der Waals surface area contributed by atoms with E-state index in [2.05, 4.69) is 9.46 Å². The van der Waals surface area contributed by atoms with Gasteiger partial charge in [-0.2, -0.15) is 0 Å². The number of hydrogen-bond acceptors (Lipinski definition) is 5. The van der Waals surface area contributed by atoms with Gasteiger partial charge >= 0.3 is 5.97 Å². The molecule has 0 spiro atoms. The van der Waals surface area contributed by atoms with Gasteiger partial charge in [0.05, 0.1) is 18.6 Å². The summed E-state index contributed by atoms with van der Waals surface area (Å²) in [6, 6.07) is 0. The van der Waals surface area contributed by atoms with Crippen LogP contribution in [0.1, 0.15) is 42.4 Å². The lowest BCUT2D eigenvalue weighted by Gasteiger charge is -2.18. The van der Waals surface area contributed by atoms with Gasteiger partial charge in [0.1, 0.15) is 4.88 Å². The van der Waals surface area contributed by atoms with E-state index in [9.17, 15) is 13.2 Å². The van der Waals surface area contributed by atoms with Crippen molar-refractivity contribution < 1.29 is 17.9 Å². The Hall–Kier alpha value is -1.08. The van der Waals surface area contributed by atoms with Gasteiger partial charge in [0.2, 0.25) is 10.0 Å². The van der Waals surface area contributed by atoms with E-state index < -0.39 is 16.0 Å². The predicted molar refractivity (Wildman–Crippen MR) is 81.9 cm³/mol. The van der Waals surface area contributed by atoms with Crippen LogP contribution in [0.15, 0.2) is 5.38 Å². The van der Waals surface area contributed by atoms with Crippen molar-refractivity contribution in [3.05, 3.63) is 15.8 Å². The number of carbonyl (C=O) groups is 1. The first-order valence-corrected chi connectivity index (χ1v) is 8.76. The second-order valence-corrected chi connectivity index (χ2v) is 8.57. The zero-order valence-corrected chi connectivity index (χ0v) is 14.1. The molecule has 0 atom stereocenters. The monoisotopic (exact) mass is 319 g/mol. The summed E-state index contributed by atoms with van der Waals surface area (Å²) in [5.74, 6) is -0.511. The molecule has 1 aromatic heterocycles. The first-order chi connectivity index (χ1) is 9.06. The molecule has 0 fully saturated rings. The summed E-state index contributed by atoms with van der Waals surface area (Å²) in [6.07, 6.45) is 0.541. The van der Waals surface area contributed by atoms with Crippen LogP contribution in [-0.2, 0) is 14.8 Å². The molecule has 0 aliphatic heterocycles. The standard InChI is InChI=1S/C13H21NO4S2/c1-9-8-19-11(12(15)18-5)10(9)14-20(16,17)7-6-13(2,3)4/h8,14H,6-7H2,1-5H3. The lowest BCUT2D eigenvalue weighted by Crippen LogP contribution is -2.22. The number of aryl methyl sites for hydroxylation is 1. The highest BCUT2D eigenvalue weighted by atomic mass is 32.2. The minimum Gasteiger partial charge on any atom is -0.465 e. The van der Waals surface area contributed by atoms with Crippen LogP contribution in [0.5, 0.6) is 0 Å². The third-order valence-electron chi connectivity index (χ3n) is 2.72. The molecule has 0 aromatic carbocycles.